The van der Waals surface area contributed by atoms with Gasteiger partial charge < -0.3 is 5.11 Å². The van der Waals surface area contributed by atoms with Crippen LogP contribution in [0.25, 0.3) is 0 Å². The lowest BCUT2D eigenvalue weighted by Gasteiger charge is -2.24. The van der Waals surface area contributed by atoms with E-state index >= 15 is 0 Å². The zero-order valence-corrected chi connectivity index (χ0v) is 13.4. The molecular weight excluding hydrogens is 294 g/mol. The van der Waals surface area contributed by atoms with Crippen LogP contribution in [0, 0.1) is 11.3 Å². The molecule has 114 valence electrons. The highest BCUT2D eigenvalue weighted by atomic mass is 35.5. The first kappa shape index (κ1) is 16.5. The molecule has 2 aromatic rings. The Bertz CT molecular complexity index is 628. The third-order valence-corrected chi connectivity index (χ3v) is 4.12. The van der Waals surface area contributed by atoms with Gasteiger partial charge in [-0.1, -0.05) is 55.6 Å². The minimum absolute atomic E-state index is 0.100. The molecule has 0 aliphatic carbocycles. The Morgan fingerprint density at radius 2 is 1.59 bits per heavy atom. The lowest BCUT2D eigenvalue weighted by Crippen LogP contribution is -2.19. The van der Waals surface area contributed by atoms with Gasteiger partial charge in [0.05, 0.1) is 17.7 Å². The molecule has 2 nitrogen and oxygen atoms in total. The minimum atomic E-state index is -0.450. The number of unbranched alkanes of at least 4 members (excludes halogenated alkanes) is 1. The maximum Gasteiger partial charge on any atom is 0.0991 e. The predicted octanol–water partition coefficient (Wildman–Crippen LogP) is 4.89. The molecule has 2 unspecified atom stereocenters. The van der Waals surface area contributed by atoms with Crippen molar-refractivity contribution in [2.75, 3.05) is 0 Å². The van der Waals surface area contributed by atoms with E-state index in [1.807, 2.05) is 36.4 Å². The Morgan fingerprint density at radius 1 is 1.05 bits per heavy atom. The maximum absolute atomic E-state index is 10.6. The second kappa shape index (κ2) is 7.98. The Labute approximate surface area is 137 Å². The van der Waals surface area contributed by atoms with Crippen molar-refractivity contribution in [1.82, 2.24) is 0 Å². The maximum atomic E-state index is 10.6. The molecule has 0 aliphatic heterocycles. The standard InChI is InChI=1S/C19H20ClNO/c1-2-3-4-18(22)19(16-9-11-17(20)12-10-16)15-7-5-14(13-21)6-8-15/h5-12,18-19,22H,2-4H2,1H3. The van der Waals surface area contributed by atoms with Gasteiger partial charge in [0.15, 0.2) is 0 Å². The zero-order valence-electron chi connectivity index (χ0n) is 12.7. The van der Waals surface area contributed by atoms with E-state index in [0.29, 0.717) is 10.6 Å². The van der Waals surface area contributed by atoms with Gasteiger partial charge in [0, 0.05) is 10.9 Å². The zero-order chi connectivity index (χ0) is 15.9. The third-order valence-electron chi connectivity index (χ3n) is 3.87. The second-order valence-electron chi connectivity index (χ2n) is 5.47. The van der Waals surface area contributed by atoms with E-state index < -0.39 is 6.10 Å². The fourth-order valence-corrected chi connectivity index (χ4v) is 2.78. The summed E-state index contributed by atoms with van der Waals surface area (Å²) in [5, 5.41) is 20.3. The number of aliphatic hydroxyl groups excluding tert-OH is 1. The Hall–Kier alpha value is -1.82. The van der Waals surface area contributed by atoms with Gasteiger partial charge in [0.25, 0.3) is 0 Å². The number of rotatable bonds is 6. The van der Waals surface area contributed by atoms with Crippen LogP contribution in [-0.4, -0.2) is 11.2 Å². The van der Waals surface area contributed by atoms with Crippen LogP contribution in [0.5, 0.6) is 0 Å². The van der Waals surface area contributed by atoms with Gasteiger partial charge >= 0.3 is 0 Å². The number of benzene rings is 2. The topological polar surface area (TPSA) is 44.0 Å². The Balaban J connectivity index is 2.35. The van der Waals surface area contributed by atoms with Crippen LogP contribution in [-0.2, 0) is 0 Å². The van der Waals surface area contributed by atoms with Crippen LogP contribution >= 0.6 is 11.6 Å². The number of nitriles is 1. The average Bonchev–Trinajstić information content (AvgIpc) is 2.55. The summed E-state index contributed by atoms with van der Waals surface area (Å²) in [4.78, 5) is 0. The van der Waals surface area contributed by atoms with Crippen LogP contribution in [0.2, 0.25) is 5.02 Å². The molecule has 0 aliphatic rings. The summed E-state index contributed by atoms with van der Waals surface area (Å²) in [6.07, 6.45) is 2.34. The third kappa shape index (κ3) is 4.10. The van der Waals surface area contributed by atoms with Crippen LogP contribution in [0.4, 0.5) is 0 Å². The highest BCUT2D eigenvalue weighted by molar-refractivity contribution is 6.30. The Morgan fingerprint density at radius 3 is 2.09 bits per heavy atom. The summed E-state index contributed by atoms with van der Waals surface area (Å²) in [6, 6.07) is 17.2. The van der Waals surface area contributed by atoms with Gasteiger partial charge in [0.1, 0.15) is 0 Å². The molecule has 0 radical (unpaired) electrons. The van der Waals surface area contributed by atoms with Crippen molar-refractivity contribution in [1.29, 1.82) is 5.26 Å². The summed E-state index contributed by atoms with van der Waals surface area (Å²) in [7, 11) is 0. The van der Waals surface area contributed by atoms with E-state index in [2.05, 4.69) is 13.0 Å². The summed E-state index contributed by atoms with van der Waals surface area (Å²) in [5.41, 5.74) is 2.68. The van der Waals surface area contributed by atoms with Gasteiger partial charge in [-0.3, -0.25) is 0 Å². The molecule has 0 spiro atoms. The molecule has 0 fully saturated rings. The van der Waals surface area contributed by atoms with E-state index in [4.69, 9.17) is 16.9 Å². The van der Waals surface area contributed by atoms with Crippen molar-refractivity contribution < 1.29 is 5.11 Å². The fourth-order valence-electron chi connectivity index (χ4n) is 2.65. The van der Waals surface area contributed by atoms with Crippen molar-refractivity contribution in [2.24, 2.45) is 0 Å². The first-order valence-electron chi connectivity index (χ1n) is 7.59. The molecule has 0 amide bonds. The number of halogens is 1. The normalized spacial score (nSPS) is 13.4. The van der Waals surface area contributed by atoms with Crippen LogP contribution in [0.3, 0.4) is 0 Å². The first-order valence-corrected chi connectivity index (χ1v) is 7.97. The summed E-state index contributed by atoms with van der Waals surface area (Å²) < 4.78 is 0. The van der Waals surface area contributed by atoms with Gasteiger partial charge in [-0.15, -0.1) is 0 Å². The second-order valence-corrected chi connectivity index (χ2v) is 5.91. The van der Waals surface area contributed by atoms with E-state index in [-0.39, 0.29) is 5.92 Å². The van der Waals surface area contributed by atoms with E-state index in [0.717, 1.165) is 30.4 Å². The molecule has 2 atom stereocenters. The fraction of sp³-hybridized carbons (Fsp3) is 0.316. The Kier molecular flexibility index (Phi) is 6.00. The molecular formula is C19H20ClNO. The molecule has 0 aromatic heterocycles. The minimum Gasteiger partial charge on any atom is -0.392 e. The summed E-state index contributed by atoms with van der Waals surface area (Å²) >= 11 is 5.97. The number of hydrogen-bond acceptors (Lipinski definition) is 2. The molecule has 0 saturated heterocycles. The van der Waals surface area contributed by atoms with Crippen molar-refractivity contribution in [2.45, 2.75) is 38.2 Å². The smallest absolute Gasteiger partial charge is 0.0991 e. The largest absolute Gasteiger partial charge is 0.392 e. The molecule has 2 rings (SSSR count). The van der Waals surface area contributed by atoms with Crippen LogP contribution in [0.1, 0.15) is 48.8 Å². The van der Waals surface area contributed by atoms with Crippen molar-refractivity contribution in [3.63, 3.8) is 0 Å². The molecule has 0 heterocycles. The summed E-state index contributed by atoms with van der Waals surface area (Å²) in [6.45, 7) is 2.12. The van der Waals surface area contributed by atoms with Gasteiger partial charge in [-0.25, -0.2) is 0 Å². The van der Waals surface area contributed by atoms with Crippen molar-refractivity contribution in [3.05, 3.63) is 70.2 Å². The quantitative estimate of drug-likeness (QED) is 0.824. The van der Waals surface area contributed by atoms with E-state index in [9.17, 15) is 5.11 Å². The average molecular weight is 314 g/mol. The number of nitrogens with zero attached hydrogens (tertiary/aromatic N) is 1. The number of hydrogen-bond donors (Lipinski definition) is 1. The summed E-state index contributed by atoms with van der Waals surface area (Å²) in [5.74, 6) is -0.100. The first-order chi connectivity index (χ1) is 10.7. The highest BCUT2D eigenvalue weighted by Gasteiger charge is 2.22. The molecule has 1 N–H and O–H groups in total. The molecule has 22 heavy (non-hydrogen) atoms. The lowest BCUT2D eigenvalue weighted by atomic mass is 9.84. The highest BCUT2D eigenvalue weighted by Crippen LogP contribution is 2.31. The lowest BCUT2D eigenvalue weighted by molar-refractivity contribution is 0.144. The van der Waals surface area contributed by atoms with Crippen molar-refractivity contribution in [3.8, 4) is 6.07 Å². The van der Waals surface area contributed by atoms with Gasteiger partial charge in [-0.2, -0.15) is 5.26 Å². The van der Waals surface area contributed by atoms with E-state index in [1.165, 1.54) is 0 Å². The van der Waals surface area contributed by atoms with E-state index in [1.54, 1.807) is 12.1 Å². The SMILES string of the molecule is CCCCC(O)C(c1ccc(Cl)cc1)c1ccc(C#N)cc1. The van der Waals surface area contributed by atoms with Gasteiger partial charge in [0.2, 0.25) is 0 Å². The van der Waals surface area contributed by atoms with Crippen LogP contribution < -0.4 is 0 Å². The predicted molar refractivity (Wildman–Crippen MR) is 90.0 cm³/mol. The number of aliphatic hydroxyl groups is 1. The molecule has 2 aromatic carbocycles. The molecule has 0 bridgehead atoms. The molecule has 0 saturated carbocycles. The van der Waals surface area contributed by atoms with Crippen LogP contribution in [0.15, 0.2) is 48.5 Å². The van der Waals surface area contributed by atoms with Gasteiger partial charge in [-0.05, 0) is 41.8 Å². The molecule has 3 heteroatoms. The van der Waals surface area contributed by atoms with Crippen molar-refractivity contribution >= 4 is 11.6 Å². The monoisotopic (exact) mass is 313 g/mol.